The molecule has 0 saturated heterocycles. The number of halogens is 1. The third kappa shape index (κ3) is 3.47. The van der Waals surface area contributed by atoms with E-state index in [1.807, 2.05) is 0 Å². The molecule has 1 rings (SSSR count). The first-order valence-electron chi connectivity index (χ1n) is 4.42. The Balaban J connectivity index is 2.72. The lowest BCUT2D eigenvalue weighted by atomic mass is 10.1. The molecular formula is C11H11BrO3. The number of ketones is 1. The highest BCUT2D eigenvalue weighted by Gasteiger charge is 2.06. The Kier molecular flexibility index (Phi) is 4.49. The van der Waals surface area contributed by atoms with Crippen LogP contribution in [-0.2, 0) is 16.0 Å². The van der Waals surface area contributed by atoms with Crippen molar-refractivity contribution in [1.82, 2.24) is 0 Å². The van der Waals surface area contributed by atoms with Crippen LogP contribution in [0.2, 0.25) is 0 Å². The van der Waals surface area contributed by atoms with Gasteiger partial charge in [-0.05, 0) is 17.7 Å². The normalized spacial score (nSPS) is 9.73. The smallest absolute Gasteiger partial charge is 0.337 e. The lowest BCUT2D eigenvalue weighted by Gasteiger charge is -2.01. The topological polar surface area (TPSA) is 43.4 Å². The van der Waals surface area contributed by atoms with Crippen molar-refractivity contribution in [3.05, 3.63) is 35.4 Å². The van der Waals surface area contributed by atoms with Gasteiger partial charge in [0.05, 0.1) is 18.0 Å². The summed E-state index contributed by atoms with van der Waals surface area (Å²) in [6.45, 7) is 0. The summed E-state index contributed by atoms with van der Waals surface area (Å²) in [7, 11) is 1.34. The molecule has 15 heavy (non-hydrogen) atoms. The number of ether oxygens (including phenoxy) is 1. The fraction of sp³-hybridized carbons (Fsp3) is 0.273. The molecule has 80 valence electrons. The maximum atomic E-state index is 11.1. The zero-order chi connectivity index (χ0) is 11.3. The minimum Gasteiger partial charge on any atom is -0.465 e. The molecule has 0 aliphatic rings. The molecule has 0 saturated carbocycles. The Morgan fingerprint density at radius 2 is 1.87 bits per heavy atom. The van der Waals surface area contributed by atoms with Crippen LogP contribution in [0, 0.1) is 0 Å². The van der Waals surface area contributed by atoms with Gasteiger partial charge in [-0.1, -0.05) is 28.1 Å². The van der Waals surface area contributed by atoms with Crippen molar-refractivity contribution in [2.45, 2.75) is 6.42 Å². The van der Waals surface area contributed by atoms with Crippen molar-refractivity contribution < 1.29 is 14.3 Å². The predicted molar refractivity (Wildman–Crippen MR) is 60.3 cm³/mol. The molecule has 0 radical (unpaired) electrons. The molecule has 4 heteroatoms. The molecular weight excluding hydrogens is 260 g/mol. The van der Waals surface area contributed by atoms with E-state index in [1.165, 1.54) is 7.11 Å². The molecule has 0 unspecified atom stereocenters. The van der Waals surface area contributed by atoms with Crippen LogP contribution in [0.5, 0.6) is 0 Å². The lowest BCUT2D eigenvalue weighted by molar-refractivity contribution is -0.115. The van der Waals surface area contributed by atoms with Crippen molar-refractivity contribution in [2.24, 2.45) is 0 Å². The zero-order valence-corrected chi connectivity index (χ0v) is 9.91. The van der Waals surface area contributed by atoms with E-state index in [4.69, 9.17) is 0 Å². The fourth-order valence-corrected chi connectivity index (χ4v) is 1.35. The molecule has 0 aliphatic carbocycles. The second-order valence-corrected chi connectivity index (χ2v) is 3.60. The molecule has 1 aromatic carbocycles. The quantitative estimate of drug-likeness (QED) is 0.621. The van der Waals surface area contributed by atoms with Crippen LogP contribution >= 0.6 is 15.9 Å². The first-order chi connectivity index (χ1) is 7.17. The van der Waals surface area contributed by atoms with E-state index >= 15 is 0 Å². The van der Waals surface area contributed by atoms with Crippen LogP contribution in [0.25, 0.3) is 0 Å². The first kappa shape index (κ1) is 11.9. The predicted octanol–water partition coefficient (Wildman–Crippen LogP) is 1.98. The second kappa shape index (κ2) is 5.66. The Morgan fingerprint density at radius 1 is 1.27 bits per heavy atom. The van der Waals surface area contributed by atoms with Crippen molar-refractivity contribution in [3.8, 4) is 0 Å². The third-order valence-electron chi connectivity index (χ3n) is 1.93. The monoisotopic (exact) mass is 270 g/mol. The number of Topliss-reactive ketones (excluding diaryl/α,β-unsaturated/α-hetero) is 1. The minimum atomic E-state index is -0.367. The molecule has 0 spiro atoms. The molecule has 3 nitrogen and oxygen atoms in total. The Labute approximate surface area is 96.6 Å². The largest absolute Gasteiger partial charge is 0.465 e. The van der Waals surface area contributed by atoms with Crippen LogP contribution in [-0.4, -0.2) is 24.2 Å². The van der Waals surface area contributed by atoms with Gasteiger partial charge in [-0.25, -0.2) is 4.79 Å². The average Bonchev–Trinajstić information content (AvgIpc) is 2.29. The molecule has 0 aromatic heterocycles. The highest BCUT2D eigenvalue weighted by atomic mass is 79.9. The van der Waals surface area contributed by atoms with Gasteiger partial charge in [0, 0.05) is 6.42 Å². The highest BCUT2D eigenvalue weighted by molar-refractivity contribution is 9.09. The van der Waals surface area contributed by atoms with E-state index in [0.29, 0.717) is 17.3 Å². The number of esters is 1. The molecule has 1 aromatic rings. The molecule has 0 fully saturated rings. The number of hydrogen-bond acceptors (Lipinski definition) is 3. The summed E-state index contributed by atoms with van der Waals surface area (Å²) in [5.41, 5.74) is 1.39. The maximum absolute atomic E-state index is 11.1. The first-order valence-corrected chi connectivity index (χ1v) is 5.54. The summed E-state index contributed by atoms with van der Waals surface area (Å²) < 4.78 is 4.57. The summed E-state index contributed by atoms with van der Waals surface area (Å²) in [6.07, 6.45) is 0.382. The van der Waals surface area contributed by atoms with E-state index in [1.54, 1.807) is 24.3 Å². The molecule has 0 amide bonds. The van der Waals surface area contributed by atoms with Gasteiger partial charge in [-0.15, -0.1) is 0 Å². The summed E-state index contributed by atoms with van der Waals surface area (Å²) in [5, 5.41) is 0.353. The van der Waals surface area contributed by atoms with Crippen LogP contribution < -0.4 is 0 Å². The van der Waals surface area contributed by atoms with Gasteiger partial charge in [0.1, 0.15) is 5.78 Å². The number of rotatable bonds is 4. The standard InChI is InChI=1S/C11H11BrO3/c1-15-11(14)9-4-2-8(3-5-9)6-10(13)7-12/h2-5H,6-7H2,1H3. The number of alkyl halides is 1. The second-order valence-electron chi connectivity index (χ2n) is 3.04. The van der Waals surface area contributed by atoms with E-state index < -0.39 is 0 Å². The van der Waals surface area contributed by atoms with Gasteiger partial charge in [-0.3, -0.25) is 4.79 Å². The Hall–Kier alpha value is -1.16. The third-order valence-corrected chi connectivity index (χ3v) is 2.55. The van der Waals surface area contributed by atoms with Crippen molar-refractivity contribution in [2.75, 3.05) is 12.4 Å². The van der Waals surface area contributed by atoms with Gasteiger partial charge < -0.3 is 4.74 Å². The minimum absolute atomic E-state index is 0.112. The van der Waals surface area contributed by atoms with Crippen LogP contribution in [0.15, 0.2) is 24.3 Å². The summed E-state index contributed by atoms with van der Waals surface area (Å²) >= 11 is 3.10. The fourth-order valence-electron chi connectivity index (χ4n) is 1.15. The van der Waals surface area contributed by atoms with Crippen LogP contribution in [0.1, 0.15) is 15.9 Å². The number of methoxy groups -OCH3 is 1. The molecule has 0 atom stereocenters. The van der Waals surface area contributed by atoms with Gasteiger partial charge in [-0.2, -0.15) is 0 Å². The van der Waals surface area contributed by atoms with Crippen LogP contribution in [0.4, 0.5) is 0 Å². The van der Waals surface area contributed by atoms with Crippen LogP contribution in [0.3, 0.4) is 0 Å². The summed E-state index contributed by atoms with van der Waals surface area (Å²) in [4.78, 5) is 22.2. The maximum Gasteiger partial charge on any atom is 0.337 e. The number of carbonyl (C=O) groups is 2. The van der Waals surface area contributed by atoms with Gasteiger partial charge in [0.2, 0.25) is 0 Å². The van der Waals surface area contributed by atoms with E-state index in [0.717, 1.165) is 5.56 Å². The Bertz CT molecular complexity index is 357. The molecule has 0 aliphatic heterocycles. The molecule has 0 N–H and O–H groups in total. The van der Waals surface area contributed by atoms with E-state index in [9.17, 15) is 9.59 Å². The lowest BCUT2D eigenvalue weighted by Crippen LogP contribution is -2.05. The SMILES string of the molecule is COC(=O)c1ccc(CC(=O)CBr)cc1. The number of carbonyl (C=O) groups excluding carboxylic acids is 2. The molecule has 0 bridgehead atoms. The average molecular weight is 271 g/mol. The van der Waals surface area contributed by atoms with Crippen molar-refractivity contribution in [3.63, 3.8) is 0 Å². The summed E-state index contributed by atoms with van der Waals surface area (Å²) in [6, 6.07) is 6.82. The molecule has 0 heterocycles. The van der Waals surface area contributed by atoms with E-state index in [2.05, 4.69) is 20.7 Å². The number of benzene rings is 1. The van der Waals surface area contributed by atoms with Crippen molar-refractivity contribution >= 4 is 27.7 Å². The van der Waals surface area contributed by atoms with Gasteiger partial charge in [0.25, 0.3) is 0 Å². The number of hydrogen-bond donors (Lipinski definition) is 0. The summed E-state index contributed by atoms with van der Waals surface area (Å²) in [5.74, 6) is -0.255. The zero-order valence-electron chi connectivity index (χ0n) is 8.33. The van der Waals surface area contributed by atoms with E-state index in [-0.39, 0.29) is 11.8 Å². The highest BCUT2D eigenvalue weighted by Crippen LogP contribution is 2.07. The Morgan fingerprint density at radius 3 is 2.33 bits per heavy atom. The van der Waals surface area contributed by atoms with Gasteiger partial charge in [0.15, 0.2) is 0 Å². The van der Waals surface area contributed by atoms with Crippen molar-refractivity contribution in [1.29, 1.82) is 0 Å². The van der Waals surface area contributed by atoms with Gasteiger partial charge >= 0.3 is 5.97 Å².